The molecule has 0 aliphatic rings. The Bertz CT molecular complexity index is 673. The van der Waals surface area contributed by atoms with E-state index in [0.717, 1.165) is 30.5 Å². The van der Waals surface area contributed by atoms with Crippen molar-refractivity contribution in [2.45, 2.75) is 39.7 Å². The number of hydrogen-bond acceptors (Lipinski definition) is 4. The standard InChI is InChI=1S/C18H23ClN4O/c1-3-4-5-10-20-17(24)16-11-13(2)22-18(23-16)21-12-14-6-8-15(19)9-7-14/h6-9,11H,3-5,10,12H2,1-2H3,(H,20,24)(H,21,22,23). The maximum Gasteiger partial charge on any atom is 0.270 e. The van der Waals surface area contributed by atoms with Crippen LogP contribution < -0.4 is 10.6 Å². The van der Waals surface area contributed by atoms with Gasteiger partial charge in [0.1, 0.15) is 5.69 Å². The number of anilines is 1. The Hall–Kier alpha value is -2.14. The van der Waals surface area contributed by atoms with Crippen molar-refractivity contribution in [2.24, 2.45) is 0 Å². The van der Waals surface area contributed by atoms with E-state index in [4.69, 9.17) is 11.6 Å². The normalized spacial score (nSPS) is 10.5. The van der Waals surface area contributed by atoms with Crippen molar-refractivity contribution in [3.63, 3.8) is 0 Å². The average Bonchev–Trinajstić information content (AvgIpc) is 2.57. The van der Waals surface area contributed by atoms with Crippen molar-refractivity contribution in [2.75, 3.05) is 11.9 Å². The highest BCUT2D eigenvalue weighted by Crippen LogP contribution is 2.11. The topological polar surface area (TPSA) is 66.9 Å². The monoisotopic (exact) mass is 346 g/mol. The number of nitrogens with one attached hydrogen (secondary N) is 2. The van der Waals surface area contributed by atoms with Crippen LogP contribution in [-0.2, 0) is 6.54 Å². The van der Waals surface area contributed by atoms with Gasteiger partial charge in [0.15, 0.2) is 0 Å². The molecule has 2 rings (SSSR count). The van der Waals surface area contributed by atoms with E-state index in [1.54, 1.807) is 6.07 Å². The summed E-state index contributed by atoms with van der Waals surface area (Å²) in [5.74, 6) is 0.287. The van der Waals surface area contributed by atoms with Crippen molar-refractivity contribution in [3.05, 3.63) is 52.3 Å². The zero-order valence-corrected chi connectivity index (χ0v) is 14.9. The Kier molecular flexibility index (Phi) is 7.00. The van der Waals surface area contributed by atoms with Crippen LogP contribution in [0.2, 0.25) is 5.02 Å². The first-order valence-electron chi connectivity index (χ1n) is 8.20. The summed E-state index contributed by atoms with van der Waals surface area (Å²) >= 11 is 5.88. The summed E-state index contributed by atoms with van der Waals surface area (Å²) in [4.78, 5) is 20.8. The lowest BCUT2D eigenvalue weighted by atomic mass is 10.2. The van der Waals surface area contributed by atoms with Crippen LogP contribution in [0.5, 0.6) is 0 Å². The second-order valence-corrected chi connectivity index (χ2v) is 6.10. The van der Waals surface area contributed by atoms with Crippen LogP contribution in [-0.4, -0.2) is 22.4 Å². The first kappa shape index (κ1) is 18.2. The number of carbonyl (C=O) groups excluding carboxylic acids is 1. The minimum absolute atomic E-state index is 0.161. The van der Waals surface area contributed by atoms with E-state index in [2.05, 4.69) is 27.5 Å². The summed E-state index contributed by atoms with van der Waals surface area (Å²) in [5.41, 5.74) is 2.20. The van der Waals surface area contributed by atoms with Crippen molar-refractivity contribution in [3.8, 4) is 0 Å². The fourth-order valence-corrected chi connectivity index (χ4v) is 2.34. The van der Waals surface area contributed by atoms with Gasteiger partial charge < -0.3 is 10.6 Å². The number of nitrogens with zero attached hydrogens (tertiary/aromatic N) is 2. The first-order valence-corrected chi connectivity index (χ1v) is 8.58. The molecule has 0 fully saturated rings. The third kappa shape index (κ3) is 5.81. The number of carbonyl (C=O) groups is 1. The molecule has 5 nitrogen and oxygen atoms in total. The maximum atomic E-state index is 12.2. The van der Waals surface area contributed by atoms with E-state index in [9.17, 15) is 4.79 Å². The van der Waals surface area contributed by atoms with E-state index in [0.29, 0.717) is 29.8 Å². The summed E-state index contributed by atoms with van der Waals surface area (Å²) in [6.45, 7) is 5.22. The minimum atomic E-state index is -0.161. The number of hydrogen-bond donors (Lipinski definition) is 2. The van der Waals surface area contributed by atoms with Gasteiger partial charge in [-0.15, -0.1) is 0 Å². The fraction of sp³-hybridized carbons (Fsp3) is 0.389. The summed E-state index contributed by atoms with van der Waals surface area (Å²) in [7, 11) is 0. The van der Waals surface area contributed by atoms with Crippen LogP contribution in [0.4, 0.5) is 5.95 Å². The molecule has 0 saturated heterocycles. The van der Waals surface area contributed by atoms with Gasteiger partial charge in [-0.3, -0.25) is 4.79 Å². The van der Waals surface area contributed by atoms with Gasteiger partial charge in [-0.05, 0) is 37.1 Å². The number of amides is 1. The van der Waals surface area contributed by atoms with Crippen LogP contribution in [0.1, 0.15) is 47.9 Å². The van der Waals surface area contributed by atoms with Gasteiger partial charge in [-0.1, -0.05) is 43.5 Å². The highest BCUT2D eigenvalue weighted by Gasteiger charge is 2.10. The molecule has 1 amide bonds. The largest absolute Gasteiger partial charge is 0.351 e. The predicted molar refractivity (Wildman–Crippen MR) is 97.4 cm³/mol. The Morgan fingerprint density at radius 2 is 1.92 bits per heavy atom. The van der Waals surface area contributed by atoms with E-state index in [-0.39, 0.29) is 5.91 Å². The third-order valence-electron chi connectivity index (χ3n) is 3.52. The predicted octanol–water partition coefficient (Wildman–Crippen LogP) is 3.97. The Morgan fingerprint density at radius 3 is 2.62 bits per heavy atom. The van der Waals surface area contributed by atoms with Crippen molar-refractivity contribution < 1.29 is 4.79 Å². The molecule has 0 atom stereocenters. The summed E-state index contributed by atoms with van der Waals surface area (Å²) < 4.78 is 0. The highest BCUT2D eigenvalue weighted by molar-refractivity contribution is 6.30. The third-order valence-corrected chi connectivity index (χ3v) is 3.77. The van der Waals surface area contributed by atoms with Gasteiger partial charge in [0, 0.05) is 23.8 Å². The molecule has 1 aromatic carbocycles. The number of aryl methyl sites for hydroxylation is 1. The molecule has 1 aromatic heterocycles. The molecular formula is C18H23ClN4O. The van der Waals surface area contributed by atoms with Crippen LogP contribution >= 0.6 is 11.6 Å². The molecular weight excluding hydrogens is 324 g/mol. The van der Waals surface area contributed by atoms with Crippen LogP contribution in [0.15, 0.2) is 30.3 Å². The van der Waals surface area contributed by atoms with E-state index < -0.39 is 0 Å². The molecule has 24 heavy (non-hydrogen) atoms. The fourth-order valence-electron chi connectivity index (χ4n) is 2.21. The lowest BCUT2D eigenvalue weighted by Gasteiger charge is -2.09. The van der Waals surface area contributed by atoms with E-state index >= 15 is 0 Å². The molecule has 0 radical (unpaired) electrons. The molecule has 0 unspecified atom stereocenters. The van der Waals surface area contributed by atoms with Gasteiger partial charge in [0.05, 0.1) is 0 Å². The molecule has 0 saturated carbocycles. The Balaban J connectivity index is 1.97. The lowest BCUT2D eigenvalue weighted by Crippen LogP contribution is -2.26. The van der Waals surface area contributed by atoms with Crippen LogP contribution in [0, 0.1) is 6.92 Å². The Labute approximate surface area is 147 Å². The van der Waals surface area contributed by atoms with Crippen molar-refractivity contribution in [1.82, 2.24) is 15.3 Å². The van der Waals surface area contributed by atoms with Crippen molar-refractivity contribution in [1.29, 1.82) is 0 Å². The van der Waals surface area contributed by atoms with E-state index in [1.807, 2.05) is 31.2 Å². The highest BCUT2D eigenvalue weighted by atomic mass is 35.5. The minimum Gasteiger partial charge on any atom is -0.351 e. The Morgan fingerprint density at radius 1 is 1.17 bits per heavy atom. The van der Waals surface area contributed by atoms with Gasteiger partial charge >= 0.3 is 0 Å². The number of aromatic nitrogens is 2. The summed E-state index contributed by atoms with van der Waals surface area (Å²) in [6.07, 6.45) is 3.21. The number of halogens is 1. The molecule has 0 spiro atoms. The number of benzene rings is 1. The molecule has 0 aliphatic carbocycles. The second kappa shape index (κ2) is 9.23. The SMILES string of the molecule is CCCCCNC(=O)c1cc(C)nc(NCc2ccc(Cl)cc2)n1. The molecule has 0 aliphatic heterocycles. The number of unbranched alkanes of at least 4 members (excludes halogenated alkanes) is 2. The molecule has 2 N–H and O–H groups in total. The van der Waals surface area contributed by atoms with Crippen LogP contribution in [0.3, 0.4) is 0 Å². The summed E-state index contributed by atoms with van der Waals surface area (Å²) in [6, 6.07) is 9.25. The lowest BCUT2D eigenvalue weighted by molar-refractivity contribution is 0.0948. The molecule has 0 bridgehead atoms. The van der Waals surface area contributed by atoms with Gasteiger partial charge in [0.25, 0.3) is 5.91 Å². The van der Waals surface area contributed by atoms with Crippen LogP contribution in [0.25, 0.3) is 0 Å². The molecule has 6 heteroatoms. The van der Waals surface area contributed by atoms with Gasteiger partial charge in [-0.2, -0.15) is 0 Å². The molecule has 2 aromatic rings. The van der Waals surface area contributed by atoms with E-state index in [1.165, 1.54) is 0 Å². The molecule has 1 heterocycles. The summed E-state index contributed by atoms with van der Waals surface area (Å²) in [5, 5.41) is 6.75. The average molecular weight is 347 g/mol. The first-order chi connectivity index (χ1) is 11.6. The van der Waals surface area contributed by atoms with Gasteiger partial charge in [-0.25, -0.2) is 9.97 Å². The smallest absolute Gasteiger partial charge is 0.270 e. The zero-order chi connectivity index (χ0) is 17.4. The zero-order valence-electron chi connectivity index (χ0n) is 14.1. The maximum absolute atomic E-state index is 12.2. The second-order valence-electron chi connectivity index (χ2n) is 5.66. The van der Waals surface area contributed by atoms with Gasteiger partial charge in [0.2, 0.25) is 5.95 Å². The molecule has 128 valence electrons. The quantitative estimate of drug-likeness (QED) is 0.710. The number of rotatable bonds is 8. The van der Waals surface area contributed by atoms with Crippen molar-refractivity contribution >= 4 is 23.5 Å².